The second-order valence-electron chi connectivity index (χ2n) is 5.34. The summed E-state index contributed by atoms with van der Waals surface area (Å²) in [5, 5.41) is 2.60. The van der Waals surface area contributed by atoms with Gasteiger partial charge in [0.2, 0.25) is 5.91 Å². The van der Waals surface area contributed by atoms with Crippen molar-refractivity contribution < 1.29 is 18.0 Å². The molecular formula is C14H18F3N3O. The number of nitrogens with zero attached hydrogens (tertiary/aromatic N) is 1. The molecule has 7 heteroatoms. The summed E-state index contributed by atoms with van der Waals surface area (Å²) >= 11 is 0. The number of halogens is 3. The molecule has 0 saturated heterocycles. The first kappa shape index (κ1) is 15.6. The van der Waals surface area contributed by atoms with Gasteiger partial charge in [-0.1, -0.05) is 12.1 Å². The number of alkyl halides is 3. The molecule has 1 amide bonds. The first-order valence-corrected chi connectivity index (χ1v) is 6.72. The van der Waals surface area contributed by atoms with Crippen molar-refractivity contribution in [3.63, 3.8) is 0 Å². The van der Waals surface area contributed by atoms with Crippen LogP contribution < -0.4 is 11.1 Å². The number of rotatable bonds is 5. The molecule has 116 valence electrons. The lowest BCUT2D eigenvalue weighted by Crippen LogP contribution is -2.41. The van der Waals surface area contributed by atoms with Crippen molar-refractivity contribution in [2.45, 2.75) is 32.0 Å². The molecule has 21 heavy (non-hydrogen) atoms. The Hall–Kier alpha value is -1.76. The molecule has 3 N–H and O–H groups in total. The van der Waals surface area contributed by atoms with E-state index in [0.29, 0.717) is 24.2 Å². The van der Waals surface area contributed by atoms with Gasteiger partial charge in [0.05, 0.1) is 24.5 Å². The number of aryl methyl sites for hydroxylation is 1. The summed E-state index contributed by atoms with van der Waals surface area (Å²) < 4.78 is 37.5. The highest BCUT2D eigenvalue weighted by molar-refractivity contribution is 5.96. The van der Waals surface area contributed by atoms with Crippen molar-refractivity contribution in [3.8, 4) is 0 Å². The van der Waals surface area contributed by atoms with Crippen molar-refractivity contribution in [1.82, 2.24) is 4.90 Å². The van der Waals surface area contributed by atoms with Crippen LogP contribution in [0.25, 0.3) is 0 Å². The summed E-state index contributed by atoms with van der Waals surface area (Å²) in [5.41, 5.74) is 7.40. The number of benzene rings is 1. The Morgan fingerprint density at radius 1 is 1.43 bits per heavy atom. The quantitative estimate of drug-likeness (QED) is 0.822. The number of nitrogen functional groups attached to an aromatic ring is 1. The summed E-state index contributed by atoms with van der Waals surface area (Å²) in [4.78, 5) is 13.1. The summed E-state index contributed by atoms with van der Waals surface area (Å²) in [5.74, 6) is -0.479. The van der Waals surface area contributed by atoms with E-state index in [1.807, 2.05) is 0 Å². The van der Waals surface area contributed by atoms with Crippen LogP contribution in [0.5, 0.6) is 0 Å². The molecule has 0 radical (unpaired) electrons. The predicted molar refractivity (Wildman–Crippen MR) is 74.9 cm³/mol. The van der Waals surface area contributed by atoms with E-state index in [0.717, 1.165) is 5.56 Å². The molecule has 1 aromatic rings. The number of carbonyl (C=O) groups is 1. The Balaban J connectivity index is 1.99. The standard InChI is InChI=1S/C14H18F3N3O/c1-9-3-2-4-11(18)13(9)19-12(21)7-20(10-5-6-10)8-14(15,16)17/h2-4,10H,5-8,18H2,1H3,(H,19,21). The highest BCUT2D eigenvalue weighted by Crippen LogP contribution is 2.30. The molecule has 1 aromatic carbocycles. The molecule has 1 aliphatic carbocycles. The van der Waals surface area contributed by atoms with E-state index in [1.165, 1.54) is 4.90 Å². The largest absolute Gasteiger partial charge is 0.401 e. The van der Waals surface area contributed by atoms with E-state index < -0.39 is 18.6 Å². The van der Waals surface area contributed by atoms with E-state index in [4.69, 9.17) is 5.73 Å². The van der Waals surface area contributed by atoms with Gasteiger partial charge in [-0.3, -0.25) is 9.69 Å². The molecule has 0 unspecified atom stereocenters. The molecule has 0 bridgehead atoms. The second kappa shape index (κ2) is 5.93. The molecule has 0 aromatic heterocycles. The van der Waals surface area contributed by atoms with Crippen LogP contribution in [0.2, 0.25) is 0 Å². The highest BCUT2D eigenvalue weighted by Gasteiger charge is 2.38. The van der Waals surface area contributed by atoms with Crippen LogP contribution in [0.4, 0.5) is 24.5 Å². The molecule has 0 spiro atoms. The normalized spacial score (nSPS) is 15.3. The third kappa shape index (κ3) is 4.63. The van der Waals surface area contributed by atoms with Crippen molar-refractivity contribution in [3.05, 3.63) is 23.8 Å². The maximum absolute atomic E-state index is 12.5. The van der Waals surface area contributed by atoms with Gasteiger partial charge in [0.15, 0.2) is 0 Å². The predicted octanol–water partition coefficient (Wildman–Crippen LogP) is 2.54. The lowest BCUT2D eigenvalue weighted by molar-refractivity contribution is -0.149. The van der Waals surface area contributed by atoms with Gasteiger partial charge in [-0.15, -0.1) is 0 Å². The van der Waals surface area contributed by atoms with E-state index in [2.05, 4.69) is 5.32 Å². The first-order chi connectivity index (χ1) is 9.76. The van der Waals surface area contributed by atoms with Crippen molar-refractivity contribution >= 4 is 17.3 Å². The fraction of sp³-hybridized carbons (Fsp3) is 0.500. The second-order valence-corrected chi connectivity index (χ2v) is 5.34. The molecule has 1 fully saturated rings. The summed E-state index contributed by atoms with van der Waals surface area (Å²) in [6.45, 7) is 0.437. The van der Waals surface area contributed by atoms with Gasteiger partial charge in [-0.2, -0.15) is 13.2 Å². The zero-order valence-corrected chi connectivity index (χ0v) is 11.7. The number of nitrogens with two attached hydrogens (primary N) is 1. The fourth-order valence-electron chi connectivity index (χ4n) is 2.21. The maximum Gasteiger partial charge on any atom is 0.401 e. The smallest absolute Gasteiger partial charge is 0.397 e. The van der Waals surface area contributed by atoms with E-state index >= 15 is 0 Å². The number of amides is 1. The zero-order valence-electron chi connectivity index (χ0n) is 11.7. The average molecular weight is 301 g/mol. The molecule has 1 aliphatic rings. The Bertz CT molecular complexity index is 506. The fourth-order valence-corrected chi connectivity index (χ4v) is 2.21. The lowest BCUT2D eigenvalue weighted by atomic mass is 10.1. The molecule has 4 nitrogen and oxygen atoms in total. The highest BCUT2D eigenvalue weighted by atomic mass is 19.4. The minimum atomic E-state index is -4.30. The van der Waals surface area contributed by atoms with E-state index in [1.54, 1.807) is 25.1 Å². The van der Waals surface area contributed by atoms with E-state index in [9.17, 15) is 18.0 Å². The maximum atomic E-state index is 12.5. The Labute approximate surface area is 121 Å². The molecule has 2 rings (SSSR count). The van der Waals surface area contributed by atoms with Crippen LogP contribution in [0.15, 0.2) is 18.2 Å². The van der Waals surface area contributed by atoms with Gasteiger partial charge in [0, 0.05) is 6.04 Å². The number of nitrogens with one attached hydrogen (secondary N) is 1. The van der Waals surface area contributed by atoms with Gasteiger partial charge < -0.3 is 11.1 Å². The van der Waals surface area contributed by atoms with E-state index in [-0.39, 0.29) is 12.6 Å². The Morgan fingerprint density at radius 3 is 2.62 bits per heavy atom. The number of anilines is 2. The van der Waals surface area contributed by atoms with Crippen molar-refractivity contribution in [2.24, 2.45) is 0 Å². The Kier molecular flexibility index (Phi) is 4.41. The van der Waals surface area contributed by atoms with Gasteiger partial charge in [0.1, 0.15) is 0 Å². The van der Waals surface area contributed by atoms with Crippen LogP contribution >= 0.6 is 0 Å². The van der Waals surface area contributed by atoms with Crippen molar-refractivity contribution in [2.75, 3.05) is 24.1 Å². The molecule has 1 saturated carbocycles. The number of hydrogen-bond acceptors (Lipinski definition) is 3. The third-order valence-electron chi connectivity index (χ3n) is 3.36. The zero-order chi connectivity index (χ0) is 15.6. The van der Waals surface area contributed by atoms with Gasteiger partial charge in [-0.05, 0) is 31.4 Å². The van der Waals surface area contributed by atoms with Gasteiger partial charge >= 0.3 is 6.18 Å². The summed E-state index contributed by atoms with van der Waals surface area (Å²) in [6, 6.07) is 5.02. The number of hydrogen-bond donors (Lipinski definition) is 2. The number of carbonyl (C=O) groups excluding carboxylic acids is 1. The average Bonchev–Trinajstić information content (AvgIpc) is 3.15. The van der Waals surface area contributed by atoms with Crippen LogP contribution in [0, 0.1) is 6.92 Å². The lowest BCUT2D eigenvalue weighted by Gasteiger charge is -2.23. The minimum absolute atomic E-state index is 0.147. The Morgan fingerprint density at radius 2 is 2.10 bits per heavy atom. The monoisotopic (exact) mass is 301 g/mol. The molecular weight excluding hydrogens is 283 g/mol. The van der Waals surface area contributed by atoms with Crippen LogP contribution in [-0.2, 0) is 4.79 Å². The van der Waals surface area contributed by atoms with Crippen LogP contribution in [0.3, 0.4) is 0 Å². The van der Waals surface area contributed by atoms with Gasteiger partial charge in [0.25, 0.3) is 0 Å². The topological polar surface area (TPSA) is 58.4 Å². The van der Waals surface area contributed by atoms with Crippen molar-refractivity contribution in [1.29, 1.82) is 0 Å². The third-order valence-corrected chi connectivity index (χ3v) is 3.36. The SMILES string of the molecule is Cc1cccc(N)c1NC(=O)CN(CC(F)(F)F)C1CC1. The van der Waals surface area contributed by atoms with Crippen LogP contribution in [0.1, 0.15) is 18.4 Å². The minimum Gasteiger partial charge on any atom is -0.397 e. The van der Waals surface area contributed by atoms with Crippen LogP contribution in [-0.4, -0.2) is 36.1 Å². The first-order valence-electron chi connectivity index (χ1n) is 6.72. The number of para-hydroxylation sites is 1. The molecule has 0 aliphatic heterocycles. The molecule has 0 heterocycles. The summed E-state index contributed by atoms with van der Waals surface area (Å²) in [6.07, 6.45) is -2.89. The molecule has 0 atom stereocenters. The van der Waals surface area contributed by atoms with Gasteiger partial charge in [-0.25, -0.2) is 0 Å². The summed E-state index contributed by atoms with van der Waals surface area (Å²) in [7, 11) is 0.